The molecule has 1 aromatic carbocycles. The molecule has 5 heteroatoms. The number of hydrogen-bond donors (Lipinski definition) is 2. The Morgan fingerprint density at radius 2 is 1.90 bits per heavy atom. The van der Waals surface area contributed by atoms with E-state index < -0.39 is 0 Å². The van der Waals surface area contributed by atoms with E-state index >= 15 is 0 Å². The summed E-state index contributed by atoms with van der Waals surface area (Å²) in [5, 5.41) is 5.96. The number of anilines is 2. The molecule has 0 aliphatic rings. The SMILES string of the molecule is CCCCNc1cnc(C(=O)Nc2ccc(C)cc2)cn1. The molecule has 0 aliphatic carbocycles. The Balaban J connectivity index is 1.94. The smallest absolute Gasteiger partial charge is 0.275 e. The largest absolute Gasteiger partial charge is 0.369 e. The van der Waals surface area contributed by atoms with Crippen LogP contribution in [-0.4, -0.2) is 22.4 Å². The minimum Gasteiger partial charge on any atom is -0.369 e. The number of nitrogens with zero attached hydrogens (tertiary/aromatic N) is 2. The lowest BCUT2D eigenvalue weighted by Gasteiger charge is -2.06. The lowest BCUT2D eigenvalue weighted by atomic mass is 10.2. The van der Waals surface area contributed by atoms with Crippen LogP contribution in [0.25, 0.3) is 0 Å². The second-order valence-electron chi connectivity index (χ2n) is 4.89. The molecule has 2 rings (SSSR count). The van der Waals surface area contributed by atoms with Crippen molar-refractivity contribution in [3.05, 3.63) is 47.9 Å². The van der Waals surface area contributed by atoms with Crippen LogP contribution in [0.2, 0.25) is 0 Å². The maximum atomic E-state index is 12.0. The molecule has 1 aromatic heterocycles. The molecule has 5 nitrogen and oxygen atoms in total. The highest BCUT2D eigenvalue weighted by atomic mass is 16.1. The maximum absolute atomic E-state index is 12.0. The Bertz CT molecular complexity index is 578. The fraction of sp³-hybridized carbons (Fsp3) is 0.312. The van der Waals surface area contributed by atoms with Crippen molar-refractivity contribution in [2.45, 2.75) is 26.7 Å². The van der Waals surface area contributed by atoms with Crippen LogP contribution in [0.1, 0.15) is 35.8 Å². The van der Waals surface area contributed by atoms with E-state index in [9.17, 15) is 4.79 Å². The van der Waals surface area contributed by atoms with E-state index in [2.05, 4.69) is 27.5 Å². The average molecular weight is 284 g/mol. The van der Waals surface area contributed by atoms with E-state index in [1.807, 2.05) is 31.2 Å². The van der Waals surface area contributed by atoms with E-state index in [0.717, 1.165) is 30.6 Å². The Labute approximate surface area is 124 Å². The van der Waals surface area contributed by atoms with Gasteiger partial charge in [-0.05, 0) is 25.5 Å². The molecule has 0 unspecified atom stereocenters. The fourth-order valence-corrected chi connectivity index (χ4v) is 1.76. The molecule has 0 radical (unpaired) electrons. The fourth-order valence-electron chi connectivity index (χ4n) is 1.76. The molecule has 0 atom stereocenters. The van der Waals surface area contributed by atoms with Gasteiger partial charge in [0.2, 0.25) is 0 Å². The average Bonchev–Trinajstić information content (AvgIpc) is 2.50. The van der Waals surface area contributed by atoms with Gasteiger partial charge in [0, 0.05) is 12.2 Å². The predicted octanol–water partition coefficient (Wildman–Crippen LogP) is 3.25. The zero-order chi connectivity index (χ0) is 15.1. The monoisotopic (exact) mass is 284 g/mol. The first kappa shape index (κ1) is 15.0. The highest BCUT2D eigenvalue weighted by Crippen LogP contribution is 2.10. The Hall–Kier alpha value is -2.43. The number of aryl methyl sites for hydroxylation is 1. The van der Waals surface area contributed by atoms with Crippen molar-refractivity contribution in [3.63, 3.8) is 0 Å². The molecule has 0 spiro atoms. The third-order valence-electron chi connectivity index (χ3n) is 3.03. The number of hydrogen-bond acceptors (Lipinski definition) is 4. The van der Waals surface area contributed by atoms with Crippen LogP contribution < -0.4 is 10.6 Å². The van der Waals surface area contributed by atoms with Crippen LogP contribution in [0.15, 0.2) is 36.7 Å². The van der Waals surface area contributed by atoms with Gasteiger partial charge in [-0.15, -0.1) is 0 Å². The van der Waals surface area contributed by atoms with Crippen molar-refractivity contribution >= 4 is 17.4 Å². The van der Waals surface area contributed by atoms with Crippen LogP contribution in [-0.2, 0) is 0 Å². The quantitative estimate of drug-likeness (QED) is 0.799. The van der Waals surface area contributed by atoms with Gasteiger partial charge < -0.3 is 10.6 Å². The van der Waals surface area contributed by atoms with Crippen LogP contribution in [0.4, 0.5) is 11.5 Å². The Morgan fingerprint density at radius 3 is 2.52 bits per heavy atom. The molecule has 1 heterocycles. The third kappa shape index (κ3) is 4.56. The minimum atomic E-state index is -0.258. The van der Waals surface area contributed by atoms with Crippen molar-refractivity contribution in [1.29, 1.82) is 0 Å². The summed E-state index contributed by atoms with van der Waals surface area (Å²) < 4.78 is 0. The first-order chi connectivity index (χ1) is 10.2. The number of unbranched alkanes of at least 4 members (excludes halogenated alkanes) is 1. The molecule has 0 saturated carbocycles. The summed E-state index contributed by atoms with van der Waals surface area (Å²) in [6.07, 6.45) is 5.27. The minimum absolute atomic E-state index is 0.258. The molecule has 21 heavy (non-hydrogen) atoms. The van der Waals surface area contributed by atoms with E-state index in [1.54, 1.807) is 6.20 Å². The van der Waals surface area contributed by atoms with E-state index in [1.165, 1.54) is 6.20 Å². The van der Waals surface area contributed by atoms with E-state index in [4.69, 9.17) is 0 Å². The van der Waals surface area contributed by atoms with E-state index in [0.29, 0.717) is 11.5 Å². The molecule has 1 amide bonds. The molecule has 2 aromatic rings. The summed E-state index contributed by atoms with van der Waals surface area (Å²) in [7, 11) is 0. The second kappa shape index (κ2) is 7.38. The zero-order valence-electron chi connectivity index (χ0n) is 12.4. The number of rotatable bonds is 6. The molecule has 0 saturated heterocycles. The van der Waals surface area contributed by atoms with Gasteiger partial charge in [-0.2, -0.15) is 0 Å². The Kier molecular flexibility index (Phi) is 5.26. The molecule has 0 fully saturated rings. The predicted molar refractivity (Wildman–Crippen MR) is 84.6 cm³/mol. The molecule has 2 N–H and O–H groups in total. The molecular weight excluding hydrogens is 264 g/mol. The van der Waals surface area contributed by atoms with Gasteiger partial charge in [-0.3, -0.25) is 4.79 Å². The first-order valence-electron chi connectivity index (χ1n) is 7.13. The van der Waals surface area contributed by atoms with Gasteiger partial charge >= 0.3 is 0 Å². The summed E-state index contributed by atoms with van der Waals surface area (Å²) >= 11 is 0. The standard InChI is InChI=1S/C16H20N4O/c1-3-4-9-17-15-11-18-14(10-19-15)16(21)20-13-7-5-12(2)6-8-13/h5-8,10-11H,3-4,9H2,1-2H3,(H,17,19)(H,20,21). The second-order valence-corrected chi connectivity index (χ2v) is 4.89. The highest BCUT2D eigenvalue weighted by molar-refractivity contribution is 6.02. The summed E-state index contributed by atoms with van der Waals surface area (Å²) in [5.41, 5.74) is 2.20. The number of amides is 1. The van der Waals surface area contributed by atoms with Gasteiger partial charge in [0.1, 0.15) is 11.5 Å². The Morgan fingerprint density at radius 1 is 1.14 bits per heavy atom. The van der Waals surface area contributed by atoms with Crippen LogP contribution in [0.5, 0.6) is 0 Å². The van der Waals surface area contributed by atoms with Crippen molar-refractivity contribution in [2.75, 3.05) is 17.2 Å². The molecule has 110 valence electrons. The summed E-state index contributed by atoms with van der Waals surface area (Å²) in [5.74, 6) is 0.432. The highest BCUT2D eigenvalue weighted by Gasteiger charge is 2.08. The summed E-state index contributed by atoms with van der Waals surface area (Å²) in [6, 6.07) is 7.62. The number of carbonyl (C=O) groups excluding carboxylic acids is 1. The summed E-state index contributed by atoms with van der Waals surface area (Å²) in [6.45, 7) is 4.99. The molecule has 0 bridgehead atoms. The third-order valence-corrected chi connectivity index (χ3v) is 3.03. The maximum Gasteiger partial charge on any atom is 0.275 e. The number of aromatic nitrogens is 2. The van der Waals surface area contributed by atoms with Crippen molar-refractivity contribution in [2.24, 2.45) is 0 Å². The van der Waals surface area contributed by atoms with E-state index in [-0.39, 0.29) is 5.91 Å². The van der Waals surface area contributed by atoms with Crippen LogP contribution in [0, 0.1) is 6.92 Å². The molecular formula is C16H20N4O. The van der Waals surface area contributed by atoms with Crippen LogP contribution in [0.3, 0.4) is 0 Å². The van der Waals surface area contributed by atoms with Crippen molar-refractivity contribution in [3.8, 4) is 0 Å². The molecule has 0 aliphatic heterocycles. The van der Waals surface area contributed by atoms with Crippen molar-refractivity contribution in [1.82, 2.24) is 9.97 Å². The number of benzene rings is 1. The number of carbonyl (C=O) groups is 1. The lowest BCUT2D eigenvalue weighted by Crippen LogP contribution is -2.14. The van der Waals surface area contributed by atoms with Gasteiger partial charge in [0.05, 0.1) is 12.4 Å². The summed E-state index contributed by atoms with van der Waals surface area (Å²) in [4.78, 5) is 20.4. The van der Waals surface area contributed by atoms with Gasteiger partial charge in [0.15, 0.2) is 0 Å². The van der Waals surface area contributed by atoms with Gasteiger partial charge in [-0.25, -0.2) is 9.97 Å². The zero-order valence-corrected chi connectivity index (χ0v) is 12.4. The van der Waals surface area contributed by atoms with Gasteiger partial charge in [0.25, 0.3) is 5.91 Å². The lowest BCUT2D eigenvalue weighted by molar-refractivity contribution is 0.102. The van der Waals surface area contributed by atoms with Gasteiger partial charge in [-0.1, -0.05) is 31.0 Å². The topological polar surface area (TPSA) is 66.9 Å². The van der Waals surface area contributed by atoms with Crippen LogP contribution >= 0.6 is 0 Å². The number of nitrogens with one attached hydrogen (secondary N) is 2. The van der Waals surface area contributed by atoms with Crippen molar-refractivity contribution < 1.29 is 4.79 Å². The normalized spacial score (nSPS) is 10.2. The first-order valence-corrected chi connectivity index (χ1v) is 7.13.